The third-order valence-electron chi connectivity index (χ3n) is 2.10. The van der Waals surface area contributed by atoms with E-state index < -0.39 is 11.6 Å². The number of allylic oxidation sites excluding steroid dienone is 2. The molecule has 2 nitrogen and oxygen atoms in total. The molecular weight excluding hydrogens is 126 g/mol. The van der Waals surface area contributed by atoms with Gasteiger partial charge in [0.15, 0.2) is 0 Å². The van der Waals surface area contributed by atoms with Gasteiger partial charge in [-0.3, -0.25) is 0 Å². The zero-order valence-corrected chi connectivity index (χ0v) is 6.33. The van der Waals surface area contributed by atoms with E-state index in [4.69, 9.17) is 5.73 Å². The average Bonchev–Trinajstić information content (AvgIpc) is 1.84. The molecule has 0 aliphatic heterocycles. The summed E-state index contributed by atoms with van der Waals surface area (Å²) in [7, 11) is 0. The summed E-state index contributed by atoms with van der Waals surface area (Å²) in [6.45, 7) is 3.75. The van der Waals surface area contributed by atoms with E-state index in [1.54, 1.807) is 6.08 Å². The van der Waals surface area contributed by atoms with Crippen molar-refractivity contribution in [2.75, 3.05) is 0 Å². The van der Waals surface area contributed by atoms with Crippen molar-refractivity contribution in [3.05, 3.63) is 23.8 Å². The topological polar surface area (TPSA) is 46.2 Å². The van der Waals surface area contributed by atoms with E-state index in [1.807, 2.05) is 26.0 Å². The number of aliphatic hydroxyl groups is 1. The number of rotatable bonds is 0. The molecule has 0 heterocycles. The van der Waals surface area contributed by atoms with Crippen LogP contribution in [0.5, 0.6) is 0 Å². The monoisotopic (exact) mass is 139 g/mol. The molecule has 10 heavy (non-hydrogen) atoms. The van der Waals surface area contributed by atoms with Gasteiger partial charge in [0.25, 0.3) is 0 Å². The summed E-state index contributed by atoms with van der Waals surface area (Å²) in [5.74, 6) is 0. The first kappa shape index (κ1) is 7.51. The van der Waals surface area contributed by atoms with E-state index in [9.17, 15) is 5.11 Å². The van der Waals surface area contributed by atoms with Crippen LogP contribution >= 0.6 is 0 Å². The van der Waals surface area contributed by atoms with Gasteiger partial charge in [-0.05, 0) is 13.8 Å². The van der Waals surface area contributed by atoms with E-state index in [0.29, 0.717) is 0 Å². The predicted molar refractivity (Wildman–Crippen MR) is 41.5 cm³/mol. The predicted octanol–water partition coefficient (Wildman–Crippen LogP) is 0.581. The molecule has 0 saturated carbocycles. The molecule has 2 atom stereocenters. The van der Waals surface area contributed by atoms with E-state index >= 15 is 0 Å². The lowest BCUT2D eigenvalue weighted by Gasteiger charge is -2.31. The Hall–Kier alpha value is -0.600. The Bertz CT molecular complexity index is 191. The van der Waals surface area contributed by atoms with Crippen LogP contribution in [-0.2, 0) is 0 Å². The maximum atomic E-state index is 9.35. The molecule has 0 fully saturated rings. The molecule has 0 bridgehead atoms. The maximum Gasteiger partial charge on any atom is 0.0939 e. The minimum absolute atomic E-state index is 0.544. The fourth-order valence-electron chi connectivity index (χ4n) is 0.918. The molecule has 0 aromatic rings. The first-order valence-electron chi connectivity index (χ1n) is 3.37. The fourth-order valence-corrected chi connectivity index (χ4v) is 0.918. The molecule has 0 amide bonds. The van der Waals surface area contributed by atoms with Crippen LogP contribution in [0.1, 0.15) is 13.8 Å². The Morgan fingerprint density at radius 3 is 2.70 bits per heavy atom. The van der Waals surface area contributed by atoms with Crippen molar-refractivity contribution in [1.29, 1.82) is 0 Å². The Morgan fingerprint density at radius 2 is 2.30 bits per heavy atom. The zero-order chi connectivity index (χ0) is 7.78. The lowest BCUT2D eigenvalue weighted by molar-refractivity contribution is 0.155. The van der Waals surface area contributed by atoms with Gasteiger partial charge in [0.05, 0.1) is 11.6 Å². The van der Waals surface area contributed by atoms with Crippen LogP contribution in [0.3, 0.4) is 0 Å². The Balaban J connectivity index is 2.93. The molecule has 1 aliphatic rings. The molecule has 0 radical (unpaired) electrons. The van der Waals surface area contributed by atoms with E-state index in [1.165, 1.54) is 0 Å². The second kappa shape index (κ2) is 2.22. The second-order valence-electron chi connectivity index (χ2n) is 2.96. The molecule has 0 spiro atoms. The van der Waals surface area contributed by atoms with Crippen molar-refractivity contribution < 1.29 is 5.11 Å². The Labute approximate surface area is 61.0 Å². The quantitative estimate of drug-likeness (QED) is 0.515. The minimum Gasteiger partial charge on any atom is -0.387 e. The minimum atomic E-state index is -0.575. The van der Waals surface area contributed by atoms with Gasteiger partial charge < -0.3 is 10.8 Å². The molecule has 0 saturated heterocycles. The van der Waals surface area contributed by atoms with E-state index in [2.05, 4.69) is 0 Å². The van der Waals surface area contributed by atoms with Gasteiger partial charge in [-0.15, -0.1) is 0 Å². The highest BCUT2D eigenvalue weighted by Crippen LogP contribution is 2.21. The fraction of sp³-hybridized carbons (Fsp3) is 0.500. The van der Waals surface area contributed by atoms with Crippen molar-refractivity contribution in [1.82, 2.24) is 0 Å². The first-order chi connectivity index (χ1) is 4.55. The van der Waals surface area contributed by atoms with Gasteiger partial charge in [-0.2, -0.15) is 0 Å². The largest absolute Gasteiger partial charge is 0.387 e. The van der Waals surface area contributed by atoms with Crippen molar-refractivity contribution >= 4 is 0 Å². The molecule has 56 valence electrons. The van der Waals surface area contributed by atoms with Crippen LogP contribution < -0.4 is 5.73 Å². The molecule has 2 unspecified atom stereocenters. The number of hydrogen-bond donors (Lipinski definition) is 2. The second-order valence-corrected chi connectivity index (χ2v) is 2.96. The molecule has 1 rings (SSSR count). The van der Waals surface area contributed by atoms with Gasteiger partial charge in [-0.25, -0.2) is 0 Å². The average molecular weight is 139 g/mol. The molecule has 2 heteroatoms. The van der Waals surface area contributed by atoms with Gasteiger partial charge in [0.1, 0.15) is 0 Å². The van der Waals surface area contributed by atoms with Gasteiger partial charge in [0, 0.05) is 0 Å². The van der Waals surface area contributed by atoms with Gasteiger partial charge in [-0.1, -0.05) is 23.8 Å². The van der Waals surface area contributed by atoms with Crippen molar-refractivity contribution in [3.8, 4) is 0 Å². The lowest BCUT2D eigenvalue weighted by Crippen LogP contribution is -2.49. The highest BCUT2D eigenvalue weighted by molar-refractivity contribution is 5.30. The van der Waals surface area contributed by atoms with Crippen LogP contribution in [0, 0.1) is 0 Å². The molecule has 0 aromatic heterocycles. The summed E-state index contributed by atoms with van der Waals surface area (Å²) in [6, 6.07) is 0. The van der Waals surface area contributed by atoms with Crippen LogP contribution in [0.4, 0.5) is 0 Å². The number of nitrogens with two attached hydrogens (primary N) is 1. The summed E-state index contributed by atoms with van der Waals surface area (Å²) in [5.41, 5.74) is 6.24. The first-order valence-corrected chi connectivity index (χ1v) is 3.37. The summed E-state index contributed by atoms with van der Waals surface area (Å²) in [6.07, 6.45) is 4.91. The summed E-state index contributed by atoms with van der Waals surface area (Å²) in [4.78, 5) is 0. The van der Waals surface area contributed by atoms with Crippen molar-refractivity contribution in [2.24, 2.45) is 5.73 Å². The SMILES string of the molecule is CC1=CC=CC(O)C1(C)N. The standard InChI is InChI=1S/C8H13NO/c1-6-4-3-5-7(10)8(6,2)9/h3-5,7,10H,9H2,1-2H3. The molecule has 0 aromatic carbocycles. The molecule has 1 aliphatic carbocycles. The van der Waals surface area contributed by atoms with Gasteiger partial charge >= 0.3 is 0 Å². The Morgan fingerprint density at radius 1 is 1.70 bits per heavy atom. The summed E-state index contributed by atoms with van der Waals surface area (Å²) < 4.78 is 0. The van der Waals surface area contributed by atoms with Crippen molar-refractivity contribution in [3.63, 3.8) is 0 Å². The molecule has 3 N–H and O–H groups in total. The summed E-state index contributed by atoms with van der Waals surface area (Å²) >= 11 is 0. The van der Waals surface area contributed by atoms with Crippen molar-refractivity contribution in [2.45, 2.75) is 25.5 Å². The lowest BCUT2D eigenvalue weighted by atomic mass is 9.84. The smallest absolute Gasteiger partial charge is 0.0939 e. The Kier molecular flexibility index (Phi) is 1.67. The highest BCUT2D eigenvalue weighted by Gasteiger charge is 2.29. The van der Waals surface area contributed by atoms with Crippen LogP contribution in [0.25, 0.3) is 0 Å². The van der Waals surface area contributed by atoms with Crippen LogP contribution in [-0.4, -0.2) is 16.7 Å². The normalized spacial score (nSPS) is 39.6. The third-order valence-corrected chi connectivity index (χ3v) is 2.10. The third kappa shape index (κ3) is 1.00. The maximum absolute atomic E-state index is 9.35. The van der Waals surface area contributed by atoms with E-state index in [0.717, 1.165) is 5.57 Å². The zero-order valence-electron chi connectivity index (χ0n) is 6.33. The number of hydrogen-bond acceptors (Lipinski definition) is 2. The summed E-state index contributed by atoms with van der Waals surface area (Å²) in [5, 5.41) is 9.35. The highest BCUT2D eigenvalue weighted by atomic mass is 16.3. The number of aliphatic hydroxyl groups excluding tert-OH is 1. The van der Waals surface area contributed by atoms with Crippen LogP contribution in [0.15, 0.2) is 23.8 Å². The van der Waals surface area contributed by atoms with Gasteiger partial charge in [0.2, 0.25) is 0 Å². The van der Waals surface area contributed by atoms with E-state index in [-0.39, 0.29) is 0 Å². The van der Waals surface area contributed by atoms with Crippen LogP contribution in [0.2, 0.25) is 0 Å². The molecular formula is C8H13NO.